The fourth-order valence-electron chi connectivity index (χ4n) is 2.16. The van der Waals surface area contributed by atoms with Crippen molar-refractivity contribution in [2.24, 2.45) is 10.8 Å². The largest absolute Gasteiger partial charge is 0.484 e. The number of amides is 2. The molecule has 0 fully saturated rings. The molecule has 1 aromatic heterocycles. The first-order valence-corrected chi connectivity index (χ1v) is 8.61. The SMILES string of the molecule is C/C(=N/NC(=O)Cn1nc(C)c(Br)c1C)c1ccc(OCC(N)=O)cc1. The Bertz CT molecular complexity index is 843. The molecule has 0 aliphatic heterocycles. The zero-order valence-electron chi connectivity index (χ0n) is 14.7. The summed E-state index contributed by atoms with van der Waals surface area (Å²) in [4.78, 5) is 22.8. The summed E-state index contributed by atoms with van der Waals surface area (Å²) in [5, 5.41) is 8.39. The lowest BCUT2D eigenvalue weighted by Crippen LogP contribution is -2.25. The topological polar surface area (TPSA) is 112 Å². The number of nitrogens with zero attached hydrogens (tertiary/aromatic N) is 3. The van der Waals surface area contributed by atoms with Gasteiger partial charge in [0.2, 0.25) is 0 Å². The molecule has 0 aliphatic rings. The van der Waals surface area contributed by atoms with E-state index in [-0.39, 0.29) is 19.1 Å². The first kappa shape index (κ1) is 19.6. The van der Waals surface area contributed by atoms with Gasteiger partial charge in [-0.05, 0) is 66.5 Å². The minimum absolute atomic E-state index is 0.0783. The van der Waals surface area contributed by atoms with Gasteiger partial charge in [-0.1, -0.05) is 0 Å². The molecule has 3 N–H and O–H groups in total. The van der Waals surface area contributed by atoms with E-state index in [9.17, 15) is 9.59 Å². The lowest BCUT2D eigenvalue weighted by atomic mass is 10.1. The van der Waals surface area contributed by atoms with Crippen LogP contribution in [0.25, 0.3) is 0 Å². The van der Waals surface area contributed by atoms with E-state index in [1.807, 2.05) is 13.8 Å². The van der Waals surface area contributed by atoms with E-state index in [1.165, 1.54) is 0 Å². The van der Waals surface area contributed by atoms with E-state index in [2.05, 4.69) is 31.6 Å². The summed E-state index contributed by atoms with van der Waals surface area (Å²) < 4.78 is 7.70. The van der Waals surface area contributed by atoms with Crippen molar-refractivity contribution in [3.63, 3.8) is 0 Å². The summed E-state index contributed by atoms with van der Waals surface area (Å²) in [6.07, 6.45) is 0. The standard InChI is InChI=1S/C17H20BrN5O3/c1-10(13-4-6-14(7-5-13)26-9-15(19)24)20-21-16(25)8-23-12(3)17(18)11(2)22-23/h4-7H,8-9H2,1-3H3,(H2,19,24)(H,21,25)/b20-10-. The lowest BCUT2D eigenvalue weighted by molar-refractivity contribution is -0.122. The van der Waals surface area contributed by atoms with Crippen LogP contribution in [0.5, 0.6) is 5.75 Å². The predicted octanol–water partition coefficient (Wildman–Crippen LogP) is 1.67. The monoisotopic (exact) mass is 421 g/mol. The number of primary amides is 1. The molecule has 9 heteroatoms. The number of aryl methyl sites for hydroxylation is 1. The first-order valence-electron chi connectivity index (χ1n) is 7.82. The van der Waals surface area contributed by atoms with E-state index in [0.717, 1.165) is 21.4 Å². The van der Waals surface area contributed by atoms with E-state index in [0.29, 0.717) is 11.5 Å². The van der Waals surface area contributed by atoms with Gasteiger partial charge in [0.25, 0.3) is 11.8 Å². The molecule has 0 saturated heterocycles. The third-order valence-corrected chi connectivity index (χ3v) is 4.74. The summed E-state index contributed by atoms with van der Waals surface area (Å²) in [6.45, 7) is 5.43. The van der Waals surface area contributed by atoms with Crippen molar-refractivity contribution in [2.45, 2.75) is 27.3 Å². The van der Waals surface area contributed by atoms with Crippen molar-refractivity contribution >= 4 is 33.5 Å². The van der Waals surface area contributed by atoms with Crippen molar-refractivity contribution in [3.05, 3.63) is 45.7 Å². The van der Waals surface area contributed by atoms with E-state index >= 15 is 0 Å². The number of nitrogens with two attached hydrogens (primary N) is 1. The number of rotatable bonds is 7. The second-order valence-electron chi connectivity index (χ2n) is 5.65. The molecule has 1 aromatic carbocycles. The molecule has 0 spiro atoms. The molecule has 8 nitrogen and oxygen atoms in total. The Labute approximate surface area is 159 Å². The highest BCUT2D eigenvalue weighted by Gasteiger charge is 2.11. The second kappa shape index (κ2) is 8.61. The molecule has 0 atom stereocenters. The molecule has 2 rings (SSSR count). The van der Waals surface area contributed by atoms with Crippen LogP contribution in [0, 0.1) is 13.8 Å². The molecule has 26 heavy (non-hydrogen) atoms. The number of nitrogens with one attached hydrogen (secondary N) is 1. The third-order valence-electron chi connectivity index (χ3n) is 3.59. The Morgan fingerprint density at radius 3 is 2.50 bits per heavy atom. The van der Waals surface area contributed by atoms with Crippen LogP contribution >= 0.6 is 15.9 Å². The number of hydrogen-bond donors (Lipinski definition) is 2. The number of hydrazone groups is 1. The average Bonchev–Trinajstić information content (AvgIpc) is 2.85. The fraction of sp³-hybridized carbons (Fsp3) is 0.294. The van der Waals surface area contributed by atoms with Gasteiger partial charge < -0.3 is 10.5 Å². The maximum atomic E-state index is 12.1. The third kappa shape index (κ3) is 5.16. The van der Waals surface area contributed by atoms with Crippen LogP contribution < -0.4 is 15.9 Å². The summed E-state index contributed by atoms with van der Waals surface area (Å²) in [6, 6.07) is 6.96. The van der Waals surface area contributed by atoms with E-state index < -0.39 is 5.91 Å². The lowest BCUT2D eigenvalue weighted by Gasteiger charge is -2.06. The normalized spacial score (nSPS) is 11.3. The molecule has 0 radical (unpaired) electrons. The van der Waals surface area contributed by atoms with Gasteiger partial charge in [0, 0.05) is 0 Å². The number of benzene rings is 1. The minimum Gasteiger partial charge on any atom is -0.484 e. The van der Waals surface area contributed by atoms with Gasteiger partial charge in [-0.25, -0.2) is 5.43 Å². The quantitative estimate of drug-likeness (QED) is 0.522. The summed E-state index contributed by atoms with van der Waals surface area (Å²) in [7, 11) is 0. The highest BCUT2D eigenvalue weighted by Crippen LogP contribution is 2.19. The van der Waals surface area contributed by atoms with Crippen LogP contribution in [0.2, 0.25) is 0 Å². The van der Waals surface area contributed by atoms with Crippen molar-refractivity contribution in [3.8, 4) is 5.75 Å². The highest BCUT2D eigenvalue weighted by molar-refractivity contribution is 9.10. The van der Waals surface area contributed by atoms with Gasteiger partial charge in [-0.15, -0.1) is 0 Å². The van der Waals surface area contributed by atoms with Crippen molar-refractivity contribution < 1.29 is 14.3 Å². The second-order valence-corrected chi connectivity index (χ2v) is 6.45. The highest BCUT2D eigenvalue weighted by atomic mass is 79.9. The zero-order valence-corrected chi connectivity index (χ0v) is 16.3. The maximum Gasteiger partial charge on any atom is 0.261 e. The van der Waals surface area contributed by atoms with Gasteiger partial charge >= 0.3 is 0 Å². The summed E-state index contributed by atoms with van der Waals surface area (Å²) >= 11 is 3.43. The number of carbonyl (C=O) groups is 2. The Balaban J connectivity index is 1.95. The zero-order chi connectivity index (χ0) is 19.3. The summed E-state index contributed by atoms with van der Waals surface area (Å²) in [5.74, 6) is -0.285. The number of ether oxygens (including phenoxy) is 1. The molecular weight excluding hydrogens is 402 g/mol. The summed E-state index contributed by atoms with van der Waals surface area (Å²) in [5.41, 5.74) is 10.7. The van der Waals surface area contributed by atoms with Gasteiger partial charge in [0.1, 0.15) is 12.3 Å². The van der Waals surface area contributed by atoms with Crippen molar-refractivity contribution in [2.75, 3.05) is 6.61 Å². The van der Waals surface area contributed by atoms with Gasteiger partial charge in [0.15, 0.2) is 6.61 Å². The fourth-order valence-corrected chi connectivity index (χ4v) is 2.44. The molecule has 2 aromatic rings. The van der Waals surface area contributed by atoms with Crippen LogP contribution in [0.1, 0.15) is 23.9 Å². The van der Waals surface area contributed by atoms with E-state index in [1.54, 1.807) is 35.9 Å². The minimum atomic E-state index is -0.538. The number of carbonyl (C=O) groups excluding carboxylic acids is 2. The Morgan fingerprint density at radius 1 is 1.31 bits per heavy atom. The van der Waals surface area contributed by atoms with Crippen molar-refractivity contribution in [1.29, 1.82) is 0 Å². The predicted molar refractivity (Wildman–Crippen MR) is 101 cm³/mol. The molecule has 1 heterocycles. The first-order chi connectivity index (χ1) is 12.3. The molecule has 2 amide bonds. The van der Waals surface area contributed by atoms with Gasteiger partial charge in [0.05, 0.1) is 21.6 Å². The van der Waals surface area contributed by atoms with Gasteiger partial charge in [-0.2, -0.15) is 10.2 Å². The number of hydrogen-bond acceptors (Lipinski definition) is 5. The number of aromatic nitrogens is 2. The van der Waals surface area contributed by atoms with Crippen LogP contribution in [0.4, 0.5) is 0 Å². The number of halogens is 1. The molecule has 0 unspecified atom stereocenters. The van der Waals surface area contributed by atoms with Crippen LogP contribution in [0.3, 0.4) is 0 Å². The Hall–Kier alpha value is -2.68. The smallest absolute Gasteiger partial charge is 0.261 e. The van der Waals surface area contributed by atoms with Gasteiger partial charge in [-0.3, -0.25) is 14.3 Å². The molecule has 138 valence electrons. The van der Waals surface area contributed by atoms with Crippen LogP contribution in [0.15, 0.2) is 33.8 Å². The average molecular weight is 422 g/mol. The van der Waals surface area contributed by atoms with E-state index in [4.69, 9.17) is 10.5 Å². The Morgan fingerprint density at radius 2 is 1.96 bits per heavy atom. The maximum absolute atomic E-state index is 12.1. The molecule has 0 saturated carbocycles. The molecular formula is C17H20BrN5O3. The van der Waals surface area contributed by atoms with Crippen LogP contribution in [-0.4, -0.2) is 33.9 Å². The molecule has 0 aliphatic carbocycles. The molecule has 0 bridgehead atoms. The Kier molecular flexibility index (Phi) is 6.51. The van der Waals surface area contributed by atoms with Crippen LogP contribution in [-0.2, 0) is 16.1 Å². The van der Waals surface area contributed by atoms with Crippen molar-refractivity contribution in [1.82, 2.24) is 15.2 Å².